The lowest BCUT2D eigenvalue weighted by Crippen LogP contribution is -2.25. The second-order valence-electron chi connectivity index (χ2n) is 28.0. The minimum atomic E-state index is -0.798. The molecule has 1 spiro atoms. The highest BCUT2D eigenvalue weighted by atomic mass is 15.2. The van der Waals surface area contributed by atoms with Crippen molar-refractivity contribution in [2.75, 3.05) is 0 Å². The molecule has 1 atom stereocenters. The van der Waals surface area contributed by atoms with Crippen molar-refractivity contribution in [3.63, 3.8) is 0 Å². The van der Waals surface area contributed by atoms with E-state index in [9.17, 15) is 0 Å². The second-order valence-corrected chi connectivity index (χ2v) is 28.0. The molecule has 3 aliphatic rings. The molecule has 0 saturated heterocycles. The van der Waals surface area contributed by atoms with Crippen molar-refractivity contribution < 1.29 is 0 Å². The normalized spacial score (nSPS) is 14.4. The maximum Gasteiger partial charge on any atom is 0.238 e. The van der Waals surface area contributed by atoms with Gasteiger partial charge in [-0.25, -0.2) is 9.97 Å². The molecule has 103 heavy (non-hydrogen) atoms. The fraction of sp³-hybridized carbons (Fsp3) is 0.0426. The molecule has 480 valence electrons. The second kappa shape index (κ2) is 21.5. The first-order valence-corrected chi connectivity index (χ1v) is 35.3. The van der Waals surface area contributed by atoms with Crippen molar-refractivity contribution in [1.29, 1.82) is 0 Å². The van der Waals surface area contributed by atoms with Gasteiger partial charge in [0.15, 0.2) is 23.3 Å². The molecule has 3 aliphatic carbocycles. The summed E-state index contributed by atoms with van der Waals surface area (Å²) < 4.78 is 7.11. The average molecular weight is 1310 g/mol. The smallest absolute Gasteiger partial charge is 0.238 e. The van der Waals surface area contributed by atoms with Crippen LogP contribution in [0.25, 0.3) is 173 Å². The number of para-hydroxylation sites is 2. The molecule has 22 rings (SSSR count). The molecule has 0 amide bonds. The molecule has 0 bridgehead atoms. The van der Waals surface area contributed by atoms with E-state index in [0.717, 1.165) is 110 Å². The number of fused-ring (bicyclic) bond motifs is 24. The summed E-state index contributed by atoms with van der Waals surface area (Å²) in [7, 11) is 0. The predicted octanol–water partition coefficient (Wildman–Crippen LogP) is 22.3. The Labute approximate surface area is 592 Å². The van der Waals surface area contributed by atoms with Crippen molar-refractivity contribution in [3.05, 3.63) is 355 Å². The summed E-state index contributed by atoms with van der Waals surface area (Å²) >= 11 is 0. The van der Waals surface area contributed by atoms with Crippen LogP contribution in [0, 0.1) is 0 Å². The number of rotatable bonds is 8. The number of hydrogen-bond acceptors (Lipinski definition) is 6. The van der Waals surface area contributed by atoms with Gasteiger partial charge in [0.2, 0.25) is 11.9 Å². The van der Waals surface area contributed by atoms with E-state index in [1.807, 2.05) is 72.8 Å². The third-order valence-electron chi connectivity index (χ3n) is 22.4. The van der Waals surface area contributed by atoms with Crippen LogP contribution in [0.5, 0.6) is 0 Å². The molecule has 9 nitrogen and oxygen atoms in total. The van der Waals surface area contributed by atoms with Crippen LogP contribution in [0.2, 0.25) is 0 Å². The van der Waals surface area contributed by atoms with Crippen LogP contribution in [-0.4, -0.2) is 43.6 Å². The van der Waals surface area contributed by atoms with Gasteiger partial charge in [0.05, 0.1) is 38.5 Å². The summed E-state index contributed by atoms with van der Waals surface area (Å²) in [4.78, 5) is 32.6. The highest BCUT2D eigenvalue weighted by Crippen LogP contribution is 2.66. The number of aromatic nitrogens is 9. The minimum Gasteiger partial charge on any atom is -0.309 e. The first-order valence-electron chi connectivity index (χ1n) is 35.3. The Bertz CT molecular complexity index is 6700. The predicted molar refractivity (Wildman–Crippen MR) is 417 cm³/mol. The lowest BCUT2D eigenvalue weighted by molar-refractivity contribution is 0.661. The van der Waals surface area contributed by atoms with E-state index < -0.39 is 5.41 Å². The Morgan fingerprint density at radius 3 is 1.13 bits per heavy atom. The fourth-order valence-corrected chi connectivity index (χ4v) is 17.9. The van der Waals surface area contributed by atoms with Gasteiger partial charge in [0.1, 0.15) is 0 Å². The van der Waals surface area contributed by atoms with Crippen LogP contribution in [-0.2, 0) is 10.8 Å². The maximum atomic E-state index is 5.60. The summed E-state index contributed by atoms with van der Waals surface area (Å²) in [6.45, 7) is 4.74. The molecule has 5 heterocycles. The van der Waals surface area contributed by atoms with Gasteiger partial charge in [-0.05, 0) is 121 Å². The molecule has 0 N–H and O–H groups in total. The van der Waals surface area contributed by atoms with Crippen LogP contribution < -0.4 is 0 Å². The van der Waals surface area contributed by atoms with E-state index >= 15 is 0 Å². The third-order valence-corrected chi connectivity index (χ3v) is 22.4. The summed E-state index contributed by atoms with van der Waals surface area (Å²) in [5, 5.41) is 6.82. The minimum absolute atomic E-state index is 0.158. The zero-order valence-electron chi connectivity index (χ0n) is 56.1. The van der Waals surface area contributed by atoms with Gasteiger partial charge < -0.3 is 4.57 Å². The van der Waals surface area contributed by atoms with Crippen LogP contribution in [0.15, 0.2) is 322 Å². The van der Waals surface area contributed by atoms with Gasteiger partial charge in [0.25, 0.3) is 0 Å². The highest BCUT2D eigenvalue weighted by Gasteiger charge is 2.53. The zero-order chi connectivity index (χ0) is 67.8. The van der Waals surface area contributed by atoms with Gasteiger partial charge in [-0.3, -0.25) is 9.13 Å². The molecule has 14 aromatic carbocycles. The first kappa shape index (κ1) is 57.4. The Balaban J connectivity index is 0.819. The molecule has 5 aromatic heterocycles. The fourth-order valence-electron chi connectivity index (χ4n) is 17.9. The average Bonchev–Trinajstić information content (AvgIpc) is 1.49. The van der Waals surface area contributed by atoms with Crippen molar-refractivity contribution in [2.24, 2.45) is 0 Å². The Morgan fingerprint density at radius 1 is 0.233 bits per heavy atom. The maximum absolute atomic E-state index is 5.60. The van der Waals surface area contributed by atoms with Crippen molar-refractivity contribution in [3.8, 4) is 108 Å². The number of nitrogens with zero attached hydrogens (tertiary/aromatic N) is 9. The summed E-state index contributed by atoms with van der Waals surface area (Å²) in [6.07, 6.45) is 0. The molecule has 1 unspecified atom stereocenters. The topological polar surface area (TPSA) is 92.1 Å². The summed E-state index contributed by atoms with van der Waals surface area (Å²) in [5.74, 6) is 3.44. The van der Waals surface area contributed by atoms with Gasteiger partial charge >= 0.3 is 0 Å². The van der Waals surface area contributed by atoms with E-state index in [1.165, 1.54) is 60.8 Å². The third kappa shape index (κ3) is 8.07. The van der Waals surface area contributed by atoms with E-state index in [-0.39, 0.29) is 5.41 Å². The Kier molecular flexibility index (Phi) is 12.0. The van der Waals surface area contributed by atoms with E-state index in [2.05, 4.69) is 276 Å². The van der Waals surface area contributed by atoms with Gasteiger partial charge in [-0.15, -0.1) is 0 Å². The standard InChI is InChI=1S/C94H59N9/c1-93(2)73-40-22-18-36-63(73)69-54-72-71-53-61(44-50-80(71)101(82(72)55-78(69)93)62-34-16-7-17-35-62)60-45-51-81-70(52-60)66-47-49-77-84(86(66)103(81)92-99-89(58-30-12-5-13-31-58)96-90(100-92)59-32-14-6-15-33-59)68-39-20-24-42-75(68)94(77)74-41-23-19-38-67(74)83-76(94)48-46-65-64-37-21-25-43-79(64)102(85(65)83)91-97-87(56-26-8-3-9-27-56)95-88(98-91)57-28-10-4-11-29-57/h3-55H,1-2H3. The number of hydrogen-bond donors (Lipinski definition) is 0. The largest absolute Gasteiger partial charge is 0.309 e. The van der Waals surface area contributed by atoms with Crippen LogP contribution in [0.1, 0.15) is 47.2 Å². The zero-order valence-corrected chi connectivity index (χ0v) is 56.1. The Morgan fingerprint density at radius 2 is 0.621 bits per heavy atom. The van der Waals surface area contributed by atoms with Crippen LogP contribution in [0.3, 0.4) is 0 Å². The quantitative estimate of drug-likeness (QED) is 0.150. The van der Waals surface area contributed by atoms with E-state index in [0.29, 0.717) is 35.2 Å². The van der Waals surface area contributed by atoms with E-state index in [1.54, 1.807) is 0 Å². The number of benzene rings is 14. The lowest BCUT2D eigenvalue weighted by atomic mass is 9.70. The molecule has 0 radical (unpaired) electrons. The molecule has 0 saturated carbocycles. The van der Waals surface area contributed by atoms with Crippen molar-refractivity contribution >= 4 is 65.4 Å². The molecular formula is C94H59N9. The summed E-state index contributed by atoms with van der Waals surface area (Å²) in [5.41, 5.74) is 27.1. The van der Waals surface area contributed by atoms with Gasteiger partial charge in [-0.2, -0.15) is 19.9 Å². The molecule has 0 fully saturated rings. The highest BCUT2D eigenvalue weighted by molar-refractivity contribution is 6.20. The Hall–Kier alpha value is -13.5. The first-order chi connectivity index (χ1) is 50.8. The van der Waals surface area contributed by atoms with Crippen molar-refractivity contribution in [1.82, 2.24) is 43.6 Å². The lowest BCUT2D eigenvalue weighted by Gasteiger charge is -2.30. The van der Waals surface area contributed by atoms with Crippen molar-refractivity contribution in [2.45, 2.75) is 24.7 Å². The SMILES string of the molecule is CC1(C)c2ccccc2-c2cc3c4cc(-c5ccc6c(c5)c5ccc7c(c5n6-c5nc(-c6ccccc6)nc(-c6ccccc6)n5)-c5ccccc5C75c6ccccc6-c6c5ccc5c7ccccc7n(-c7nc(-c8ccccc8)nc(-c8ccccc8)n7)c65)ccc4n(-c4ccccc4)c3cc21. The van der Waals surface area contributed by atoms with Gasteiger partial charge in [-0.1, -0.05) is 281 Å². The van der Waals surface area contributed by atoms with E-state index in [4.69, 9.17) is 29.9 Å². The molecule has 0 aliphatic heterocycles. The van der Waals surface area contributed by atoms with Crippen LogP contribution in [0.4, 0.5) is 0 Å². The molecular weight excluding hydrogens is 1260 g/mol. The van der Waals surface area contributed by atoms with Gasteiger partial charge in [0, 0.05) is 76.8 Å². The summed E-state index contributed by atoms with van der Waals surface area (Å²) in [6, 6.07) is 116. The molecule has 19 aromatic rings. The molecule has 9 heteroatoms. The monoisotopic (exact) mass is 1310 g/mol. The van der Waals surface area contributed by atoms with Crippen LogP contribution >= 0.6 is 0 Å².